The molecule has 2 aromatic rings. The van der Waals surface area contributed by atoms with Crippen LogP contribution >= 0.6 is 11.6 Å². The largest absolute Gasteiger partial charge is 0.324 e. The van der Waals surface area contributed by atoms with Gasteiger partial charge in [-0.3, -0.25) is 10.1 Å². The lowest BCUT2D eigenvalue weighted by atomic mass is 10.2. The summed E-state index contributed by atoms with van der Waals surface area (Å²) < 4.78 is 27.8. The molecule has 21 heavy (non-hydrogen) atoms. The molecule has 8 nitrogen and oxygen atoms in total. The van der Waals surface area contributed by atoms with Crippen molar-refractivity contribution in [2.75, 3.05) is 0 Å². The van der Waals surface area contributed by atoms with Gasteiger partial charge in [0.15, 0.2) is 0 Å². The normalized spacial score (nSPS) is 11.5. The first-order valence-electron chi connectivity index (χ1n) is 5.71. The highest BCUT2D eigenvalue weighted by Crippen LogP contribution is 2.21. The Morgan fingerprint density at radius 2 is 2.10 bits per heavy atom. The number of nitro benzene ring substituents is 1. The molecule has 1 aromatic carbocycles. The highest BCUT2D eigenvalue weighted by atomic mass is 35.5. The number of nitrogens with zero attached hydrogens (tertiary/aromatic N) is 3. The monoisotopic (exact) mass is 330 g/mol. The van der Waals surface area contributed by atoms with E-state index in [0.29, 0.717) is 0 Å². The van der Waals surface area contributed by atoms with E-state index in [2.05, 4.69) is 9.71 Å². The predicted octanol–water partition coefficient (Wildman–Crippen LogP) is 1.46. The van der Waals surface area contributed by atoms with Crippen molar-refractivity contribution in [2.45, 2.75) is 11.6 Å². The summed E-state index contributed by atoms with van der Waals surface area (Å²) in [6.45, 7) is -0.230. The average molecular weight is 331 g/mol. The minimum absolute atomic E-state index is 0.0370. The Balaban J connectivity index is 2.24. The van der Waals surface area contributed by atoms with Gasteiger partial charge in [0.1, 0.15) is 5.15 Å². The van der Waals surface area contributed by atoms with Gasteiger partial charge in [0.2, 0.25) is 5.03 Å². The number of aromatic nitrogens is 2. The Bertz CT molecular complexity index is 787. The third-order valence-corrected chi connectivity index (χ3v) is 4.62. The minimum atomic E-state index is -3.95. The second kappa shape index (κ2) is 5.80. The first kappa shape index (κ1) is 15.4. The molecule has 0 unspecified atom stereocenters. The molecule has 112 valence electrons. The zero-order valence-corrected chi connectivity index (χ0v) is 12.4. The van der Waals surface area contributed by atoms with Crippen LogP contribution in [0, 0.1) is 10.1 Å². The van der Waals surface area contributed by atoms with Gasteiger partial charge in [-0.2, -0.15) is 0 Å². The number of hydrogen-bond donors (Lipinski definition) is 1. The molecule has 0 aliphatic carbocycles. The van der Waals surface area contributed by atoms with E-state index in [1.165, 1.54) is 29.1 Å². The van der Waals surface area contributed by atoms with Gasteiger partial charge in [-0.15, -0.1) is 0 Å². The van der Waals surface area contributed by atoms with E-state index < -0.39 is 14.9 Å². The van der Waals surface area contributed by atoms with Gasteiger partial charge in [-0.05, 0) is 0 Å². The van der Waals surface area contributed by atoms with Gasteiger partial charge >= 0.3 is 0 Å². The molecule has 0 bridgehead atoms. The smallest absolute Gasteiger partial charge is 0.273 e. The summed E-state index contributed by atoms with van der Waals surface area (Å²) in [5, 5.41) is 10.5. The third-order valence-electron chi connectivity index (χ3n) is 2.73. The number of sulfonamides is 1. The lowest BCUT2D eigenvalue weighted by Gasteiger charge is -2.06. The van der Waals surface area contributed by atoms with Gasteiger partial charge in [-0.1, -0.05) is 29.8 Å². The number of benzene rings is 1. The fraction of sp³-hybridized carbons (Fsp3) is 0.182. The zero-order chi connectivity index (χ0) is 15.6. The summed E-state index contributed by atoms with van der Waals surface area (Å²) in [5.41, 5.74) is 0.0884. The molecule has 0 fully saturated rings. The molecule has 1 heterocycles. The molecule has 10 heteroatoms. The topological polar surface area (TPSA) is 107 Å². The average Bonchev–Trinajstić information content (AvgIpc) is 2.78. The van der Waals surface area contributed by atoms with Crippen molar-refractivity contribution >= 4 is 27.3 Å². The van der Waals surface area contributed by atoms with E-state index >= 15 is 0 Å². The zero-order valence-electron chi connectivity index (χ0n) is 10.9. The van der Waals surface area contributed by atoms with Crippen LogP contribution in [0.3, 0.4) is 0 Å². The third kappa shape index (κ3) is 3.20. The number of hydrogen-bond acceptors (Lipinski definition) is 5. The first-order chi connectivity index (χ1) is 9.83. The van der Waals surface area contributed by atoms with E-state index in [0.717, 1.165) is 0 Å². The van der Waals surface area contributed by atoms with E-state index in [-0.39, 0.29) is 28.0 Å². The van der Waals surface area contributed by atoms with Crippen LogP contribution in [0.2, 0.25) is 5.15 Å². The van der Waals surface area contributed by atoms with Gasteiger partial charge in [0.25, 0.3) is 15.7 Å². The van der Waals surface area contributed by atoms with Crippen LogP contribution in [0.5, 0.6) is 0 Å². The van der Waals surface area contributed by atoms with Crippen LogP contribution < -0.4 is 4.72 Å². The number of imidazole rings is 1. The highest BCUT2D eigenvalue weighted by Gasteiger charge is 2.23. The lowest BCUT2D eigenvalue weighted by Crippen LogP contribution is -2.24. The standard InChI is InChI=1S/C11H11ClN4O4S/c1-15-7-13-11(10(15)12)21(19,20)14-6-8-4-2-3-5-9(8)16(17)18/h2-5,7,14H,6H2,1H3. The molecule has 0 amide bonds. The van der Waals surface area contributed by atoms with E-state index in [9.17, 15) is 18.5 Å². The van der Waals surface area contributed by atoms with Crippen molar-refractivity contribution in [2.24, 2.45) is 7.05 Å². The van der Waals surface area contributed by atoms with Crippen LogP contribution in [-0.2, 0) is 23.6 Å². The Labute approximate surface area is 125 Å². The molecule has 0 aliphatic heterocycles. The van der Waals surface area contributed by atoms with Gasteiger partial charge < -0.3 is 4.57 Å². The van der Waals surface area contributed by atoms with Gasteiger partial charge in [0.05, 0.1) is 11.3 Å². The van der Waals surface area contributed by atoms with E-state index in [1.807, 2.05) is 0 Å². The van der Waals surface area contributed by atoms with Crippen molar-refractivity contribution in [1.82, 2.24) is 14.3 Å². The molecule has 0 spiro atoms. The van der Waals surface area contributed by atoms with Crippen LogP contribution in [-0.4, -0.2) is 22.9 Å². The minimum Gasteiger partial charge on any atom is -0.324 e. The van der Waals surface area contributed by atoms with Crippen molar-refractivity contribution in [3.05, 3.63) is 51.4 Å². The molecule has 1 N–H and O–H groups in total. The molecule has 2 rings (SSSR count). The van der Waals surface area contributed by atoms with Crippen molar-refractivity contribution < 1.29 is 13.3 Å². The fourth-order valence-corrected chi connectivity index (χ4v) is 3.08. The van der Waals surface area contributed by atoms with Gasteiger partial charge in [0, 0.05) is 25.2 Å². The number of halogens is 1. The number of rotatable bonds is 5. The Morgan fingerprint density at radius 3 is 2.67 bits per heavy atom. The van der Waals surface area contributed by atoms with Crippen LogP contribution in [0.1, 0.15) is 5.56 Å². The maximum atomic E-state index is 12.1. The summed E-state index contributed by atoms with van der Waals surface area (Å²) in [4.78, 5) is 14.0. The maximum Gasteiger partial charge on any atom is 0.273 e. The number of nitro groups is 1. The maximum absolute atomic E-state index is 12.1. The number of nitrogens with one attached hydrogen (secondary N) is 1. The second-order valence-electron chi connectivity index (χ2n) is 4.16. The summed E-state index contributed by atoms with van der Waals surface area (Å²) in [7, 11) is -2.40. The molecular formula is C11H11ClN4O4S. The van der Waals surface area contributed by atoms with E-state index in [1.54, 1.807) is 13.1 Å². The molecule has 0 saturated heterocycles. The van der Waals surface area contributed by atoms with E-state index in [4.69, 9.17) is 11.6 Å². The summed E-state index contributed by atoms with van der Waals surface area (Å²) >= 11 is 5.83. The molecule has 0 saturated carbocycles. The summed E-state index contributed by atoms with van der Waals surface area (Å²) in [6.07, 6.45) is 1.27. The van der Waals surface area contributed by atoms with Gasteiger partial charge in [-0.25, -0.2) is 18.1 Å². The second-order valence-corrected chi connectivity index (χ2v) is 6.20. The summed E-state index contributed by atoms with van der Waals surface area (Å²) in [5.74, 6) is 0. The predicted molar refractivity (Wildman–Crippen MR) is 75.3 cm³/mol. The number of para-hydroxylation sites is 1. The molecule has 0 radical (unpaired) electrons. The molecule has 0 aliphatic rings. The van der Waals surface area contributed by atoms with Crippen LogP contribution in [0.25, 0.3) is 0 Å². The molecular weight excluding hydrogens is 320 g/mol. The first-order valence-corrected chi connectivity index (χ1v) is 7.58. The summed E-state index contributed by atoms with van der Waals surface area (Å²) in [6, 6.07) is 5.87. The fourth-order valence-electron chi connectivity index (χ4n) is 1.65. The Kier molecular flexibility index (Phi) is 4.26. The SMILES string of the molecule is Cn1cnc(S(=O)(=O)NCc2ccccc2[N+](=O)[O-])c1Cl. The number of aryl methyl sites for hydroxylation is 1. The molecule has 1 aromatic heterocycles. The highest BCUT2D eigenvalue weighted by molar-refractivity contribution is 7.89. The van der Waals surface area contributed by atoms with Crippen LogP contribution in [0.15, 0.2) is 35.6 Å². The van der Waals surface area contributed by atoms with Crippen molar-refractivity contribution in [1.29, 1.82) is 0 Å². The lowest BCUT2D eigenvalue weighted by molar-refractivity contribution is -0.385. The van der Waals surface area contributed by atoms with Crippen molar-refractivity contribution in [3.63, 3.8) is 0 Å². The van der Waals surface area contributed by atoms with Crippen molar-refractivity contribution in [3.8, 4) is 0 Å². The van der Waals surface area contributed by atoms with Crippen LogP contribution in [0.4, 0.5) is 5.69 Å². The Hall–Kier alpha value is -1.97. The quantitative estimate of drug-likeness (QED) is 0.659. The Morgan fingerprint density at radius 1 is 1.43 bits per heavy atom. The molecule has 0 atom stereocenters.